The van der Waals surface area contributed by atoms with Crippen LogP contribution >= 0.6 is 11.5 Å². The fraction of sp³-hybridized carbons (Fsp3) is 0.484. The quantitative estimate of drug-likeness (QED) is 0.457. The van der Waals surface area contributed by atoms with E-state index in [9.17, 15) is 9.59 Å². The molecule has 7 rings (SSSR count). The van der Waals surface area contributed by atoms with Crippen molar-refractivity contribution in [1.82, 2.24) is 14.3 Å². The second-order valence-corrected chi connectivity index (χ2v) is 12.6. The second kappa shape index (κ2) is 11.3. The van der Waals surface area contributed by atoms with Crippen LogP contribution in [-0.2, 0) is 16.0 Å². The maximum absolute atomic E-state index is 15.9. The molecule has 0 bridgehead atoms. The van der Waals surface area contributed by atoms with Gasteiger partial charge in [-0.25, -0.2) is 8.78 Å². The van der Waals surface area contributed by atoms with Crippen molar-refractivity contribution >= 4 is 34.4 Å². The van der Waals surface area contributed by atoms with Crippen molar-refractivity contribution < 1.29 is 27.8 Å². The van der Waals surface area contributed by atoms with E-state index >= 15 is 8.78 Å². The van der Waals surface area contributed by atoms with E-state index in [1.54, 1.807) is 36.4 Å². The smallest absolute Gasteiger partial charge is 0.291 e. The summed E-state index contributed by atoms with van der Waals surface area (Å²) in [5, 5.41) is 0.742. The van der Waals surface area contributed by atoms with Crippen molar-refractivity contribution in [3.63, 3.8) is 0 Å². The third-order valence-corrected chi connectivity index (χ3v) is 10.1. The Morgan fingerprint density at radius 2 is 1.68 bits per heavy atom. The number of nitrogens with two attached hydrogens (primary N) is 1. The van der Waals surface area contributed by atoms with Crippen LogP contribution < -0.4 is 20.3 Å². The van der Waals surface area contributed by atoms with Gasteiger partial charge in [-0.15, -0.1) is 0 Å². The van der Waals surface area contributed by atoms with Crippen LogP contribution in [0, 0.1) is 0 Å². The monoisotopic (exact) mass is 624 g/mol. The molecule has 1 atom stereocenters. The van der Waals surface area contributed by atoms with Crippen LogP contribution in [0.25, 0.3) is 11.1 Å². The average molecular weight is 625 g/mol. The van der Waals surface area contributed by atoms with E-state index in [1.165, 1.54) is 16.4 Å². The Morgan fingerprint density at radius 3 is 2.41 bits per heavy atom. The molecule has 0 radical (unpaired) electrons. The molecule has 44 heavy (non-hydrogen) atoms. The molecular formula is C31H34F2N6O4S. The van der Waals surface area contributed by atoms with Crippen LogP contribution in [0.1, 0.15) is 41.6 Å². The molecule has 1 spiro atoms. The lowest BCUT2D eigenvalue weighted by Gasteiger charge is -2.48. The number of alkyl halides is 2. The number of amides is 2. The summed E-state index contributed by atoms with van der Waals surface area (Å²) < 4.78 is 47.8. The number of ether oxygens (including phenoxy) is 2. The molecule has 232 valence electrons. The molecule has 3 aromatic rings. The van der Waals surface area contributed by atoms with Gasteiger partial charge in [0.1, 0.15) is 11.8 Å². The van der Waals surface area contributed by atoms with Crippen molar-refractivity contribution in [3.8, 4) is 16.9 Å². The first kappa shape index (κ1) is 28.9. The van der Waals surface area contributed by atoms with Crippen LogP contribution in [0.3, 0.4) is 0 Å². The molecule has 1 aromatic heterocycles. The highest BCUT2D eigenvalue weighted by atomic mass is 32.1. The molecule has 0 saturated carbocycles. The zero-order chi connectivity index (χ0) is 30.5. The highest BCUT2D eigenvalue weighted by molar-refractivity contribution is 7.09. The summed E-state index contributed by atoms with van der Waals surface area (Å²) in [4.78, 5) is 35.0. The summed E-state index contributed by atoms with van der Waals surface area (Å²) in [7, 11) is 0. The Labute approximate surface area is 257 Å². The number of hydrogen-bond donors (Lipinski definition) is 1. The van der Waals surface area contributed by atoms with Gasteiger partial charge in [-0.3, -0.25) is 9.59 Å². The van der Waals surface area contributed by atoms with E-state index in [0.717, 1.165) is 35.8 Å². The van der Waals surface area contributed by atoms with E-state index in [1.807, 2.05) is 11.0 Å². The minimum atomic E-state index is -3.05. The predicted octanol–water partition coefficient (Wildman–Crippen LogP) is 3.74. The number of morpholine rings is 1. The molecule has 3 fully saturated rings. The third-order valence-electron chi connectivity index (χ3n) is 9.29. The number of fused-ring (bicyclic) bond motifs is 1. The van der Waals surface area contributed by atoms with Crippen molar-refractivity contribution in [2.75, 3.05) is 55.7 Å². The Hall–Kier alpha value is -3.84. The molecule has 5 heterocycles. The lowest BCUT2D eigenvalue weighted by Crippen LogP contribution is -2.61. The van der Waals surface area contributed by atoms with Crippen LogP contribution in [0.15, 0.2) is 42.5 Å². The average Bonchev–Trinajstić information content (AvgIpc) is 3.73. The zero-order valence-corrected chi connectivity index (χ0v) is 25.0. The maximum Gasteiger partial charge on any atom is 0.291 e. The Morgan fingerprint density at radius 1 is 0.955 bits per heavy atom. The standard InChI is InChI=1S/C31H34F2N6O4S/c32-31(33)19-23-18-22(20-3-5-21(6-4-20)27(41)39-11-1-2-24(39)26(34)40)7-8-25(23)43-30(31)9-12-38(13-10-30)29-35-28(36-44-29)37-14-16-42-17-15-37/h3-8,18,24H,1-2,9-17,19H2,(H2,34,40). The largest absolute Gasteiger partial charge is 0.481 e. The molecule has 10 nitrogen and oxygen atoms in total. The van der Waals surface area contributed by atoms with Crippen molar-refractivity contribution in [2.45, 2.75) is 49.7 Å². The number of primary amides is 1. The minimum Gasteiger partial charge on any atom is -0.481 e. The lowest BCUT2D eigenvalue weighted by atomic mass is 9.79. The molecule has 1 unspecified atom stereocenters. The van der Waals surface area contributed by atoms with Crippen molar-refractivity contribution in [3.05, 3.63) is 53.6 Å². The van der Waals surface area contributed by atoms with Crippen molar-refractivity contribution in [1.29, 1.82) is 0 Å². The lowest BCUT2D eigenvalue weighted by molar-refractivity contribution is -0.185. The van der Waals surface area contributed by atoms with Gasteiger partial charge >= 0.3 is 0 Å². The third kappa shape index (κ3) is 5.15. The summed E-state index contributed by atoms with van der Waals surface area (Å²) in [6.45, 7) is 4.06. The van der Waals surface area contributed by atoms with E-state index in [-0.39, 0.29) is 18.7 Å². The van der Waals surface area contributed by atoms with Crippen LogP contribution in [-0.4, -0.2) is 89.6 Å². The molecule has 0 aliphatic carbocycles. The summed E-state index contributed by atoms with van der Waals surface area (Å²) in [5.74, 6) is -2.63. The fourth-order valence-corrected chi connectivity index (χ4v) is 7.45. The molecule has 3 saturated heterocycles. The summed E-state index contributed by atoms with van der Waals surface area (Å²) in [5.41, 5.74) is 6.37. The number of hydrogen-bond acceptors (Lipinski definition) is 9. The van der Waals surface area contributed by atoms with Gasteiger partial charge in [-0.2, -0.15) is 9.36 Å². The van der Waals surface area contributed by atoms with E-state index in [2.05, 4.69) is 14.3 Å². The van der Waals surface area contributed by atoms with E-state index in [4.69, 9.17) is 15.2 Å². The van der Waals surface area contributed by atoms with Crippen LogP contribution in [0.2, 0.25) is 0 Å². The zero-order valence-electron chi connectivity index (χ0n) is 24.2. The Kier molecular flexibility index (Phi) is 7.40. The Balaban J connectivity index is 1.03. The number of anilines is 2. The highest BCUT2D eigenvalue weighted by Gasteiger charge is 2.59. The number of nitrogens with zero attached hydrogens (tertiary/aromatic N) is 5. The minimum absolute atomic E-state index is 0.177. The second-order valence-electron chi connectivity index (χ2n) is 11.9. The van der Waals surface area contributed by atoms with Crippen LogP contribution in [0.5, 0.6) is 5.75 Å². The van der Waals surface area contributed by atoms with Gasteiger partial charge in [0, 0.05) is 74.6 Å². The molecule has 2 aromatic carbocycles. The molecule has 2 amide bonds. The van der Waals surface area contributed by atoms with Crippen LogP contribution in [0.4, 0.5) is 19.9 Å². The number of piperidine rings is 1. The number of carbonyl (C=O) groups excluding carboxylic acids is 2. The first-order valence-electron chi connectivity index (χ1n) is 15.0. The summed E-state index contributed by atoms with van der Waals surface area (Å²) in [6, 6.07) is 11.8. The first-order chi connectivity index (χ1) is 21.2. The number of aromatic nitrogens is 2. The number of benzene rings is 2. The van der Waals surface area contributed by atoms with Crippen molar-refractivity contribution in [2.24, 2.45) is 5.73 Å². The van der Waals surface area contributed by atoms with E-state index < -0.39 is 29.9 Å². The van der Waals surface area contributed by atoms with Gasteiger partial charge in [0.25, 0.3) is 11.8 Å². The summed E-state index contributed by atoms with van der Waals surface area (Å²) >= 11 is 1.30. The molecule has 4 aliphatic rings. The summed E-state index contributed by atoms with van der Waals surface area (Å²) in [6.07, 6.45) is 1.25. The predicted molar refractivity (Wildman–Crippen MR) is 162 cm³/mol. The van der Waals surface area contributed by atoms with Gasteiger partial charge < -0.3 is 29.9 Å². The van der Waals surface area contributed by atoms with Gasteiger partial charge in [0.2, 0.25) is 17.0 Å². The van der Waals surface area contributed by atoms with Gasteiger partial charge in [0.05, 0.1) is 13.2 Å². The number of likely N-dealkylation sites (tertiary alicyclic amines) is 1. The van der Waals surface area contributed by atoms with E-state index in [0.29, 0.717) is 62.1 Å². The van der Waals surface area contributed by atoms with Gasteiger partial charge in [-0.1, -0.05) is 18.2 Å². The molecule has 4 aliphatic heterocycles. The fourth-order valence-electron chi connectivity index (χ4n) is 6.71. The molecule has 2 N–H and O–H groups in total. The number of halogens is 2. The number of rotatable bonds is 5. The normalized spacial score (nSPS) is 22.5. The highest BCUT2D eigenvalue weighted by Crippen LogP contribution is 2.49. The SMILES string of the molecule is NC(=O)C1CCCN1C(=O)c1ccc(-c2ccc3c(c2)CC(F)(F)C2(CCN(c4nc(N5CCOCC5)ns4)CC2)O3)cc1. The molecular weight excluding hydrogens is 590 g/mol. The molecule has 13 heteroatoms. The van der Waals surface area contributed by atoms with Gasteiger partial charge in [0.15, 0.2) is 5.60 Å². The topological polar surface area (TPSA) is 114 Å². The Bertz CT molecular complexity index is 1550. The maximum atomic E-state index is 15.9. The number of carbonyl (C=O) groups is 2. The van der Waals surface area contributed by atoms with Gasteiger partial charge in [-0.05, 0) is 48.2 Å². The first-order valence-corrected chi connectivity index (χ1v) is 15.8.